The summed E-state index contributed by atoms with van der Waals surface area (Å²) in [5.74, 6) is 0.693. The number of hydrogen-bond acceptors (Lipinski definition) is 2. The van der Waals surface area contributed by atoms with Crippen molar-refractivity contribution in [2.45, 2.75) is 13.8 Å². The Labute approximate surface area is 94.0 Å². The molecule has 0 aliphatic carbocycles. The minimum absolute atomic E-state index is 0.484. The van der Waals surface area contributed by atoms with Crippen molar-refractivity contribution < 1.29 is 0 Å². The van der Waals surface area contributed by atoms with Gasteiger partial charge in [0.15, 0.2) is 0 Å². The Kier molecular flexibility index (Phi) is 2.69. The number of rotatable bonds is 1. The second-order valence-corrected chi connectivity index (χ2v) is 3.88. The van der Waals surface area contributed by atoms with Crippen LogP contribution < -0.4 is 0 Å². The van der Waals surface area contributed by atoms with Gasteiger partial charge < -0.3 is 0 Å². The number of aryl methyl sites for hydroxylation is 2. The molecular weight excluding hydrogens is 208 g/mol. The molecule has 0 atom stereocenters. The lowest BCUT2D eigenvalue weighted by atomic mass is 10.1. The molecule has 0 bridgehead atoms. The van der Waals surface area contributed by atoms with E-state index in [1.807, 2.05) is 19.1 Å². The van der Waals surface area contributed by atoms with Crippen molar-refractivity contribution >= 4 is 11.6 Å². The molecule has 0 saturated carbocycles. The minimum Gasteiger partial charge on any atom is -0.233 e. The van der Waals surface area contributed by atoms with Crippen LogP contribution in [0.3, 0.4) is 0 Å². The second kappa shape index (κ2) is 3.99. The van der Waals surface area contributed by atoms with E-state index in [0.29, 0.717) is 11.0 Å². The second-order valence-electron chi connectivity index (χ2n) is 3.49. The van der Waals surface area contributed by atoms with Crippen LogP contribution in [0.5, 0.6) is 0 Å². The Morgan fingerprint density at radius 3 is 2.27 bits per heavy atom. The largest absolute Gasteiger partial charge is 0.233 e. The molecule has 3 heteroatoms. The van der Waals surface area contributed by atoms with Gasteiger partial charge in [-0.3, -0.25) is 0 Å². The summed E-state index contributed by atoms with van der Waals surface area (Å²) in [6, 6.07) is 9.96. The van der Waals surface area contributed by atoms with Gasteiger partial charge in [-0.15, -0.1) is 0 Å². The van der Waals surface area contributed by atoms with Gasteiger partial charge in [0, 0.05) is 11.6 Å². The summed E-state index contributed by atoms with van der Waals surface area (Å²) in [5.41, 5.74) is 3.16. The molecule has 76 valence electrons. The molecule has 2 nitrogen and oxygen atoms in total. The van der Waals surface area contributed by atoms with Crippen LogP contribution in [0.2, 0.25) is 5.15 Å². The zero-order valence-electron chi connectivity index (χ0n) is 8.66. The molecule has 2 rings (SSSR count). The normalized spacial score (nSPS) is 10.3. The first kappa shape index (κ1) is 10.1. The van der Waals surface area contributed by atoms with Crippen molar-refractivity contribution in [2.24, 2.45) is 0 Å². The van der Waals surface area contributed by atoms with Crippen LogP contribution in [-0.4, -0.2) is 9.97 Å². The number of halogens is 1. The molecule has 0 aliphatic heterocycles. The molecule has 1 aromatic heterocycles. The first-order valence-corrected chi connectivity index (χ1v) is 5.11. The number of benzene rings is 1. The van der Waals surface area contributed by atoms with E-state index in [1.165, 1.54) is 5.56 Å². The van der Waals surface area contributed by atoms with Crippen molar-refractivity contribution in [3.05, 3.63) is 46.9 Å². The van der Waals surface area contributed by atoms with Gasteiger partial charge >= 0.3 is 0 Å². The minimum atomic E-state index is 0.484. The zero-order chi connectivity index (χ0) is 10.8. The van der Waals surface area contributed by atoms with Gasteiger partial charge in [0.1, 0.15) is 11.0 Å². The molecule has 0 N–H and O–H groups in total. The Morgan fingerprint density at radius 1 is 1.00 bits per heavy atom. The lowest BCUT2D eigenvalue weighted by Crippen LogP contribution is -1.91. The van der Waals surface area contributed by atoms with E-state index >= 15 is 0 Å². The first-order valence-electron chi connectivity index (χ1n) is 4.73. The van der Waals surface area contributed by atoms with Crippen LogP contribution in [0.4, 0.5) is 0 Å². The summed E-state index contributed by atoms with van der Waals surface area (Å²) in [7, 11) is 0. The van der Waals surface area contributed by atoms with E-state index in [0.717, 1.165) is 11.3 Å². The topological polar surface area (TPSA) is 25.8 Å². The predicted octanol–water partition coefficient (Wildman–Crippen LogP) is 3.41. The molecule has 1 heterocycles. The van der Waals surface area contributed by atoms with Crippen LogP contribution in [-0.2, 0) is 0 Å². The molecular formula is C12H11ClN2. The summed E-state index contributed by atoms with van der Waals surface area (Å²) in [6.45, 7) is 3.89. The third-order valence-corrected chi connectivity index (χ3v) is 2.35. The first-order chi connectivity index (χ1) is 7.15. The van der Waals surface area contributed by atoms with Gasteiger partial charge in [-0.1, -0.05) is 41.4 Å². The monoisotopic (exact) mass is 218 g/mol. The maximum atomic E-state index is 5.88. The third kappa shape index (κ3) is 2.34. The Balaban J connectivity index is 2.49. The lowest BCUT2D eigenvalue weighted by molar-refractivity contribution is 1.06. The van der Waals surface area contributed by atoms with Gasteiger partial charge in [0.05, 0.1) is 5.69 Å². The molecule has 0 amide bonds. The van der Waals surface area contributed by atoms with Crippen molar-refractivity contribution in [1.29, 1.82) is 0 Å². The highest BCUT2D eigenvalue weighted by Crippen LogP contribution is 2.20. The SMILES string of the molecule is Cc1ccc(-c2cc(Cl)nc(C)n2)cc1. The van der Waals surface area contributed by atoms with Crippen molar-refractivity contribution in [2.75, 3.05) is 0 Å². The van der Waals surface area contributed by atoms with Gasteiger partial charge in [-0.05, 0) is 13.8 Å². The Hall–Kier alpha value is -1.41. The third-order valence-electron chi connectivity index (χ3n) is 2.15. The van der Waals surface area contributed by atoms with Gasteiger partial charge in [-0.25, -0.2) is 9.97 Å². The highest BCUT2D eigenvalue weighted by atomic mass is 35.5. The van der Waals surface area contributed by atoms with Crippen molar-refractivity contribution in [3.8, 4) is 11.3 Å². The fourth-order valence-electron chi connectivity index (χ4n) is 1.40. The van der Waals surface area contributed by atoms with Crippen LogP contribution in [0.25, 0.3) is 11.3 Å². The van der Waals surface area contributed by atoms with Crippen LogP contribution in [0, 0.1) is 13.8 Å². The average molecular weight is 219 g/mol. The summed E-state index contributed by atoms with van der Waals surface area (Å²) in [5, 5.41) is 0.484. The standard InChI is InChI=1S/C12H11ClN2/c1-8-3-5-10(6-4-8)11-7-12(13)15-9(2)14-11/h3-7H,1-2H3. The molecule has 0 saturated heterocycles. The molecule has 0 fully saturated rings. The van der Waals surface area contributed by atoms with Crippen LogP contribution in [0.1, 0.15) is 11.4 Å². The number of aromatic nitrogens is 2. The predicted molar refractivity (Wildman–Crippen MR) is 62.0 cm³/mol. The van der Waals surface area contributed by atoms with Crippen molar-refractivity contribution in [3.63, 3.8) is 0 Å². The molecule has 15 heavy (non-hydrogen) atoms. The maximum absolute atomic E-state index is 5.88. The number of hydrogen-bond donors (Lipinski definition) is 0. The highest BCUT2D eigenvalue weighted by molar-refractivity contribution is 6.29. The van der Waals surface area contributed by atoms with Crippen molar-refractivity contribution in [1.82, 2.24) is 9.97 Å². The molecule has 0 spiro atoms. The number of nitrogens with zero attached hydrogens (tertiary/aromatic N) is 2. The van der Waals surface area contributed by atoms with E-state index in [4.69, 9.17) is 11.6 Å². The highest BCUT2D eigenvalue weighted by Gasteiger charge is 2.02. The maximum Gasteiger partial charge on any atom is 0.133 e. The smallest absolute Gasteiger partial charge is 0.133 e. The van der Waals surface area contributed by atoms with E-state index in [2.05, 4.69) is 29.0 Å². The van der Waals surface area contributed by atoms with E-state index < -0.39 is 0 Å². The zero-order valence-corrected chi connectivity index (χ0v) is 9.42. The molecule has 2 aromatic rings. The summed E-state index contributed by atoms with van der Waals surface area (Å²) < 4.78 is 0. The van der Waals surface area contributed by atoms with Gasteiger partial charge in [0.25, 0.3) is 0 Å². The summed E-state index contributed by atoms with van der Waals surface area (Å²) >= 11 is 5.88. The fraction of sp³-hybridized carbons (Fsp3) is 0.167. The molecule has 1 aromatic carbocycles. The summed E-state index contributed by atoms with van der Waals surface area (Å²) in [4.78, 5) is 8.37. The van der Waals surface area contributed by atoms with E-state index in [1.54, 1.807) is 6.07 Å². The van der Waals surface area contributed by atoms with E-state index in [-0.39, 0.29) is 0 Å². The molecule has 0 radical (unpaired) electrons. The molecule has 0 unspecified atom stereocenters. The fourth-order valence-corrected chi connectivity index (χ4v) is 1.63. The summed E-state index contributed by atoms with van der Waals surface area (Å²) in [6.07, 6.45) is 0. The lowest BCUT2D eigenvalue weighted by Gasteiger charge is -2.02. The van der Waals surface area contributed by atoms with Crippen LogP contribution in [0.15, 0.2) is 30.3 Å². The van der Waals surface area contributed by atoms with Crippen LogP contribution >= 0.6 is 11.6 Å². The quantitative estimate of drug-likeness (QED) is 0.686. The van der Waals surface area contributed by atoms with Gasteiger partial charge in [0.2, 0.25) is 0 Å². The Bertz CT molecular complexity index is 457. The Morgan fingerprint density at radius 2 is 1.67 bits per heavy atom. The van der Waals surface area contributed by atoms with Gasteiger partial charge in [-0.2, -0.15) is 0 Å². The van der Waals surface area contributed by atoms with E-state index in [9.17, 15) is 0 Å². The molecule has 0 aliphatic rings. The average Bonchev–Trinajstić information content (AvgIpc) is 2.17.